The third kappa shape index (κ3) is 3.03. The molecular formula is C14H20F2O. The smallest absolute Gasteiger partial charge is 0.244 e. The Bertz CT molecular complexity index is 344. The standard InChI is InChI=1S/C14H20F2O/c1-4-10-6-8-11(9-7-10)14(3,17)12(5-2)13(15)16/h6-9,12-13,17H,4-5H2,1-3H3. The maximum absolute atomic E-state index is 12.9. The lowest BCUT2D eigenvalue weighted by atomic mass is 9.81. The number of hydrogen-bond acceptors (Lipinski definition) is 1. The minimum absolute atomic E-state index is 0.250. The average Bonchev–Trinajstić information content (AvgIpc) is 2.29. The summed E-state index contributed by atoms with van der Waals surface area (Å²) in [5.74, 6) is -1.03. The predicted molar refractivity (Wildman–Crippen MR) is 65.2 cm³/mol. The lowest BCUT2D eigenvalue weighted by Gasteiger charge is -2.32. The van der Waals surface area contributed by atoms with Gasteiger partial charge in [0.15, 0.2) is 0 Å². The molecule has 1 nitrogen and oxygen atoms in total. The van der Waals surface area contributed by atoms with E-state index in [1.165, 1.54) is 6.92 Å². The second-order valence-electron chi connectivity index (χ2n) is 4.55. The van der Waals surface area contributed by atoms with Gasteiger partial charge in [0.05, 0.1) is 11.5 Å². The van der Waals surface area contributed by atoms with Crippen molar-refractivity contribution in [1.29, 1.82) is 0 Å². The van der Waals surface area contributed by atoms with Crippen LogP contribution in [0.15, 0.2) is 24.3 Å². The zero-order chi connectivity index (χ0) is 13.1. The van der Waals surface area contributed by atoms with E-state index >= 15 is 0 Å². The summed E-state index contributed by atoms with van der Waals surface area (Å²) in [5.41, 5.74) is 0.214. The number of aliphatic hydroxyl groups is 1. The van der Waals surface area contributed by atoms with Crippen molar-refractivity contribution in [3.05, 3.63) is 35.4 Å². The van der Waals surface area contributed by atoms with E-state index in [9.17, 15) is 13.9 Å². The summed E-state index contributed by atoms with van der Waals surface area (Å²) >= 11 is 0. The van der Waals surface area contributed by atoms with Gasteiger partial charge in [0, 0.05) is 0 Å². The molecule has 0 aliphatic heterocycles. The van der Waals surface area contributed by atoms with Crippen LogP contribution in [0.1, 0.15) is 38.3 Å². The first-order valence-corrected chi connectivity index (χ1v) is 6.03. The molecule has 0 heterocycles. The van der Waals surface area contributed by atoms with Crippen molar-refractivity contribution in [2.75, 3.05) is 0 Å². The number of aryl methyl sites for hydroxylation is 1. The molecule has 0 radical (unpaired) electrons. The largest absolute Gasteiger partial charge is 0.385 e. The molecule has 1 aromatic rings. The van der Waals surface area contributed by atoms with Gasteiger partial charge in [-0.3, -0.25) is 0 Å². The van der Waals surface area contributed by atoms with Gasteiger partial charge in [-0.1, -0.05) is 38.1 Å². The van der Waals surface area contributed by atoms with Gasteiger partial charge in [-0.25, -0.2) is 8.78 Å². The van der Waals surface area contributed by atoms with Crippen LogP contribution in [-0.2, 0) is 12.0 Å². The highest BCUT2D eigenvalue weighted by atomic mass is 19.3. The quantitative estimate of drug-likeness (QED) is 0.833. The van der Waals surface area contributed by atoms with E-state index in [-0.39, 0.29) is 6.42 Å². The van der Waals surface area contributed by atoms with Gasteiger partial charge in [-0.05, 0) is 30.9 Å². The van der Waals surface area contributed by atoms with Gasteiger partial charge in [0.25, 0.3) is 0 Å². The third-order valence-electron chi connectivity index (χ3n) is 3.41. The zero-order valence-electron chi connectivity index (χ0n) is 10.6. The predicted octanol–water partition coefficient (Wildman–Crippen LogP) is 3.75. The average molecular weight is 242 g/mol. The van der Waals surface area contributed by atoms with Crippen LogP contribution in [0.25, 0.3) is 0 Å². The molecule has 0 saturated heterocycles. The van der Waals surface area contributed by atoms with E-state index in [4.69, 9.17) is 0 Å². The van der Waals surface area contributed by atoms with Crippen molar-refractivity contribution in [2.24, 2.45) is 5.92 Å². The third-order valence-corrected chi connectivity index (χ3v) is 3.41. The van der Waals surface area contributed by atoms with Crippen LogP contribution in [0.2, 0.25) is 0 Å². The number of benzene rings is 1. The maximum atomic E-state index is 12.9. The van der Waals surface area contributed by atoms with Crippen molar-refractivity contribution >= 4 is 0 Å². The first-order valence-electron chi connectivity index (χ1n) is 6.03. The molecule has 0 aromatic heterocycles. The molecule has 0 aliphatic rings. The van der Waals surface area contributed by atoms with Gasteiger partial charge in [0.2, 0.25) is 6.43 Å². The van der Waals surface area contributed by atoms with Crippen LogP contribution in [0, 0.1) is 5.92 Å². The normalized spacial score (nSPS) is 16.9. The summed E-state index contributed by atoms with van der Waals surface area (Å²) in [4.78, 5) is 0. The maximum Gasteiger partial charge on any atom is 0.244 e. The summed E-state index contributed by atoms with van der Waals surface area (Å²) < 4.78 is 25.7. The summed E-state index contributed by atoms with van der Waals surface area (Å²) in [6.07, 6.45) is -1.37. The van der Waals surface area contributed by atoms with Crippen LogP contribution in [0.3, 0.4) is 0 Å². The highest BCUT2D eigenvalue weighted by Crippen LogP contribution is 2.35. The van der Waals surface area contributed by atoms with E-state index in [1.54, 1.807) is 19.1 Å². The molecule has 1 aromatic carbocycles. The first kappa shape index (κ1) is 14.1. The summed E-state index contributed by atoms with van der Waals surface area (Å²) in [7, 11) is 0. The Morgan fingerprint density at radius 2 is 1.71 bits per heavy atom. The van der Waals surface area contributed by atoms with Gasteiger partial charge < -0.3 is 5.11 Å². The van der Waals surface area contributed by atoms with Gasteiger partial charge in [0.1, 0.15) is 0 Å². The Kier molecular flexibility index (Phi) is 4.63. The Labute approximate surface area is 101 Å². The fourth-order valence-electron chi connectivity index (χ4n) is 2.11. The van der Waals surface area contributed by atoms with Crippen molar-refractivity contribution < 1.29 is 13.9 Å². The lowest BCUT2D eigenvalue weighted by Crippen LogP contribution is -2.36. The van der Waals surface area contributed by atoms with E-state index in [0.717, 1.165) is 12.0 Å². The van der Waals surface area contributed by atoms with Gasteiger partial charge in [-0.15, -0.1) is 0 Å². The molecule has 17 heavy (non-hydrogen) atoms. The molecule has 96 valence electrons. The molecule has 2 unspecified atom stereocenters. The molecule has 3 heteroatoms. The zero-order valence-corrected chi connectivity index (χ0v) is 10.6. The highest BCUT2D eigenvalue weighted by molar-refractivity contribution is 5.27. The van der Waals surface area contributed by atoms with E-state index in [1.807, 2.05) is 19.1 Å². The lowest BCUT2D eigenvalue weighted by molar-refractivity contribution is -0.0798. The first-order chi connectivity index (χ1) is 7.93. The van der Waals surface area contributed by atoms with Crippen molar-refractivity contribution in [2.45, 2.75) is 45.6 Å². The monoisotopic (exact) mass is 242 g/mol. The Hall–Kier alpha value is -0.960. The van der Waals surface area contributed by atoms with Crippen LogP contribution < -0.4 is 0 Å². The number of halogens is 2. The van der Waals surface area contributed by atoms with Crippen LogP contribution >= 0.6 is 0 Å². The molecule has 0 bridgehead atoms. The van der Waals surface area contributed by atoms with E-state index in [2.05, 4.69) is 0 Å². The van der Waals surface area contributed by atoms with Crippen molar-refractivity contribution in [3.63, 3.8) is 0 Å². The Morgan fingerprint density at radius 1 is 1.18 bits per heavy atom. The van der Waals surface area contributed by atoms with Gasteiger partial charge >= 0.3 is 0 Å². The van der Waals surface area contributed by atoms with Crippen LogP contribution in [-0.4, -0.2) is 11.5 Å². The Morgan fingerprint density at radius 3 is 2.06 bits per heavy atom. The van der Waals surface area contributed by atoms with Crippen LogP contribution in [0.4, 0.5) is 8.78 Å². The molecule has 1 rings (SSSR count). The fourth-order valence-corrected chi connectivity index (χ4v) is 2.11. The molecule has 0 aliphatic carbocycles. The summed E-state index contributed by atoms with van der Waals surface area (Å²) in [5, 5.41) is 10.3. The minimum atomic E-state index is -2.51. The van der Waals surface area contributed by atoms with Crippen molar-refractivity contribution in [1.82, 2.24) is 0 Å². The second-order valence-corrected chi connectivity index (χ2v) is 4.55. The minimum Gasteiger partial charge on any atom is -0.385 e. The molecule has 0 amide bonds. The van der Waals surface area contributed by atoms with Crippen LogP contribution in [0.5, 0.6) is 0 Å². The molecule has 1 N–H and O–H groups in total. The molecule has 0 fully saturated rings. The van der Waals surface area contributed by atoms with Crippen molar-refractivity contribution in [3.8, 4) is 0 Å². The second kappa shape index (κ2) is 5.58. The summed E-state index contributed by atoms with van der Waals surface area (Å²) in [6, 6.07) is 7.23. The number of hydrogen-bond donors (Lipinski definition) is 1. The SMILES string of the molecule is CCc1ccc(C(C)(O)C(CC)C(F)F)cc1. The molecule has 0 spiro atoms. The van der Waals surface area contributed by atoms with E-state index in [0.29, 0.717) is 5.56 Å². The number of rotatable bonds is 5. The topological polar surface area (TPSA) is 20.2 Å². The van der Waals surface area contributed by atoms with Gasteiger partial charge in [-0.2, -0.15) is 0 Å². The molecule has 2 atom stereocenters. The molecular weight excluding hydrogens is 222 g/mol. The van der Waals surface area contributed by atoms with E-state index < -0.39 is 17.9 Å². The number of alkyl halides is 2. The molecule has 0 saturated carbocycles. The summed E-state index contributed by atoms with van der Waals surface area (Å²) in [6.45, 7) is 5.17. The fraction of sp³-hybridized carbons (Fsp3) is 0.571. The highest BCUT2D eigenvalue weighted by Gasteiger charge is 2.38. The Balaban J connectivity index is 3.01.